The minimum Gasteiger partial charge on any atom is -0.388 e. The van der Waals surface area contributed by atoms with Crippen molar-refractivity contribution in [2.24, 2.45) is 0 Å². The second kappa shape index (κ2) is 7.27. The number of aliphatic hydroxyl groups is 1. The second-order valence-electron chi connectivity index (χ2n) is 5.76. The van der Waals surface area contributed by atoms with Crippen LogP contribution in [0.4, 0.5) is 10.2 Å². The predicted octanol–water partition coefficient (Wildman–Crippen LogP) is 3.38. The molecule has 25 heavy (non-hydrogen) atoms. The lowest BCUT2D eigenvalue weighted by Crippen LogP contribution is -2.16. The van der Waals surface area contributed by atoms with Crippen LogP contribution in [0.5, 0.6) is 0 Å². The maximum atomic E-state index is 13.2. The van der Waals surface area contributed by atoms with Gasteiger partial charge in [0.25, 0.3) is 0 Å². The van der Waals surface area contributed by atoms with E-state index >= 15 is 0 Å². The number of nitrogens with zero attached hydrogens (tertiary/aromatic N) is 2. The summed E-state index contributed by atoms with van der Waals surface area (Å²) in [5.74, 6) is -0.409. The number of para-hydroxylation sites is 1. The monoisotopic (exact) mass is 339 g/mol. The summed E-state index contributed by atoms with van der Waals surface area (Å²) >= 11 is 0. The maximum absolute atomic E-state index is 13.2. The van der Waals surface area contributed by atoms with Gasteiger partial charge in [-0.15, -0.1) is 5.10 Å². The molecule has 1 atom stereocenters. The van der Waals surface area contributed by atoms with Crippen LogP contribution in [-0.2, 0) is 4.79 Å². The Kier molecular flexibility index (Phi) is 4.90. The summed E-state index contributed by atoms with van der Waals surface area (Å²) in [6, 6.07) is 15.1. The Balaban J connectivity index is 1.68. The molecule has 3 aromatic rings. The molecule has 0 spiro atoms. The van der Waals surface area contributed by atoms with E-state index in [1.54, 1.807) is 10.7 Å². The third kappa shape index (κ3) is 4.10. The fraction of sp³-hybridized carbons (Fsp3) is 0.158. The molecule has 2 N–H and O–H groups in total. The molecule has 6 heteroatoms. The summed E-state index contributed by atoms with van der Waals surface area (Å²) in [6.45, 7) is 1.84. The van der Waals surface area contributed by atoms with Gasteiger partial charge in [-0.25, -0.2) is 9.07 Å². The summed E-state index contributed by atoms with van der Waals surface area (Å²) in [4.78, 5) is 12.2. The largest absolute Gasteiger partial charge is 0.388 e. The van der Waals surface area contributed by atoms with E-state index in [1.807, 2.05) is 43.5 Å². The number of aromatic nitrogens is 2. The standard InChI is InChI=1S/C19H18FN3O2/c1-13-12-23(16-8-3-2-4-9-16)22-19(13)21-18(25)11-17(24)14-6-5-7-15(20)10-14/h2-10,12,17,24H,11H2,1H3,(H,21,22,25). The van der Waals surface area contributed by atoms with Crippen molar-refractivity contribution >= 4 is 11.7 Å². The molecule has 2 aromatic carbocycles. The number of nitrogens with one attached hydrogen (secondary N) is 1. The zero-order chi connectivity index (χ0) is 17.8. The highest BCUT2D eigenvalue weighted by atomic mass is 19.1. The van der Waals surface area contributed by atoms with Crippen molar-refractivity contribution in [3.63, 3.8) is 0 Å². The second-order valence-corrected chi connectivity index (χ2v) is 5.76. The van der Waals surface area contributed by atoms with Gasteiger partial charge in [0, 0.05) is 11.8 Å². The fourth-order valence-corrected chi connectivity index (χ4v) is 2.49. The zero-order valence-electron chi connectivity index (χ0n) is 13.7. The van der Waals surface area contributed by atoms with E-state index in [-0.39, 0.29) is 6.42 Å². The van der Waals surface area contributed by atoms with E-state index in [0.717, 1.165) is 11.3 Å². The van der Waals surface area contributed by atoms with Gasteiger partial charge in [0.15, 0.2) is 5.82 Å². The van der Waals surface area contributed by atoms with Gasteiger partial charge in [0.1, 0.15) is 5.82 Å². The normalized spacial score (nSPS) is 12.0. The molecule has 1 heterocycles. The molecule has 128 valence electrons. The maximum Gasteiger partial charge on any atom is 0.228 e. The summed E-state index contributed by atoms with van der Waals surface area (Å²) in [7, 11) is 0. The predicted molar refractivity (Wildman–Crippen MR) is 92.9 cm³/mol. The molecule has 0 fully saturated rings. The van der Waals surface area contributed by atoms with Crippen LogP contribution in [0.3, 0.4) is 0 Å². The number of carbonyl (C=O) groups is 1. The molecule has 0 radical (unpaired) electrons. The molecular weight excluding hydrogens is 321 g/mol. The van der Waals surface area contributed by atoms with Crippen molar-refractivity contribution in [3.8, 4) is 5.69 Å². The number of aliphatic hydroxyl groups excluding tert-OH is 1. The first-order chi connectivity index (χ1) is 12.0. The van der Waals surface area contributed by atoms with Gasteiger partial charge in [0.05, 0.1) is 18.2 Å². The summed E-state index contributed by atoms with van der Waals surface area (Å²) in [5, 5.41) is 17.1. The Morgan fingerprint density at radius 1 is 1.24 bits per heavy atom. The van der Waals surface area contributed by atoms with Gasteiger partial charge in [-0.05, 0) is 36.8 Å². The summed E-state index contributed by atoms with van der Waals surface area (Å²) in [5.41, 5.74) is 2.05. The number of amides is 1. The summed E-state index contributed by atoms with van der Waals surface area (Å²) < 4.78 is 14.9. The number of rotatable bonds is 5. The van der Waals surface area contributed by atoms with Crippen LogP contribution in [0.25, 0.3) is 5.69 Å². The molecular formula is C19H18FN3O2. The van der Waals surface area contributed by atoms with Gasteiger partial charge in [0.2, 0.25) is 5.91 Å². The number of aryl methyl sites for hydroxylation is 1. The Bertz CT molecular complexity index is 877. The Labute approximate surface area is 144 Å². The van der Waals surface area contributed by atoms with Crippen LogP contribution in [0, 0.1) is 12.7 Å². The van der Waals surface area contributed by atoms with Crippen LogP contribution >= 0.6 is 0 Å². The third-order valence-electron chi connectivity index (χ3n) is 3.79. The Hall–Kier alpha value is -2.99. The fourth-order valence-electron chi connectivity index (χ4n) is 2.49. The van der Waals surface area contributed by atoms with Crippen LogP contribution in [0.15, 0.2) is 60.8 Å². The van der Waals surface area contributed by atoms with Gasteiger partial charge in [-0.2, -0.15) is 0 Å². The van der Waals surface area contributed by atoms with E-state index in [1.165, 1.54) is 18.2 Å². The van der Waals surface area contributed by atoms with Crippen molar-refractivity contribution in [1.82, 2.24) is 9.78 Å². The van der Waals surface area contributed by atoms with Crippen molar-refractivity contribution < 1.29 is 14.3 Å². The van der Waals surface area contributed by atoms with Gasteiger partial charge in [-0.1, -0.05) is 30.3 Å². The number of anilines is 1. The number of benzene rings is 2. The van der Waals surface area contributed by atoms with Crippen LogP contribution < -0.4 is 5.32 Å². The van der Waals surface area contributed by atoms with E-state index in [4.69, 9.17) is 0 Å². The molecule has 1 unspecified atom stereocenters. The zero-order valence-corrected chi connectivity index (χ0v) is 13.7. The smallest absolute Gasteiger partial charge is 0.228 e. The first-order valence-corrected chi connectivity index (χ1v) is 7.88. The molecule has 0 aliphatic heterocycles. The minimum atomic E-state index is -1.08. The molecule has 1 aromatic heterocycles. The molecule has 0 bridgehead atoms. The third-order valence-corrected chi connectivity index (χ3v) is 3.79. The van der Waals surface area contributed by atoms with Crippen molar-refractivity contribution in [2.45, 2.75) is 19.4 Å². The molecule has 0 aliphatic carbocycles. The highest BCUT2D eigenvalue weighted by molar-refractivity contribution is 5.90. The molecule has 0 aliphatic rings. The van der Waals surface area contributed by atoms with E-state index in [0.29, 0.717) is 11.4 Å². The lowest BCUT2D eigenvalue weighted by Gasteiger charge is -2.10. The lowest BCUT2D eigenvalue weighted by atomic mass is 10.1. The van der Waals surface area contributed by atoms with Crippen molar-refractivity contribution in [1.29, 1.82) is 0 Å². The first-order valence-electron chi connectivity index (χ1n) is 7.88. The number of hydrogen-bond donors (Lipinski definition) is 2. The van der Waals surface area contributed by atoms with Crippen LogP contribution in [0.2, 0.25) is 0 Å². The van der Waals surface area contributed by atoms with Crippen molar-refractivity contribution in [3.05, 3.63) is 77.7 Å². The van der Waals surface area contributed by atoms with E-state index in [9.17, 15) is 14.3 Å². The molecule has 0 saturated carbocycles. The van der Waals surface area contributed by atoms with Crippen molar-refractivity contribution in [2.75, 3.05) is 5.32 Å². The average Bonchev–Trinajstić information content (AvgIpc) is 2.96. The highest BCUT2D eigenvalue weighted by Gasteiger charge is 2.16. The van der Waals surface area contributed by atoms with E-state index < -0.39 is 17.8 Å². The number of carbonyl (C=O) groups excluding carboxylic acids is 1. The average molecular weight is 339 g/mol. The van der Waals surface area contributed by atoms with Gasteiger partial charge in [-0.3, -0.25) is 4.79 Å². The molecule has 5 nitrogen and oxygen atoms in total. The van der Waals surface area contributed by atoms with Gasteiger partial charge >= 0.3 is 0 Å². The van der Waals surface area contributed by atoms with Crippen LogP contribution in [0.1, 0.15) is 23.7 Å². The molecule has 0 saturated heterocycles. The SMILES string of the molecule is Cc1cn(-c2ccccc2)nc1NC(=O)CC(O)c1cccc(F)c1. The van der Waals surface area contributed by atoms with Gasteiger partial charge < -0.3 is 10.4 Å². The van der Waals surface area contributed by atoms with E-state index in [2.05, 4.69) is 10.4 Å². The Morgan fingerprint density at radius 2 is 2.00 bits per heavy atom. The lowest BCUT2D eigenvalue weighted by molar-refractivity contribution is -0.118. The number of hydrogen-bond acceptors (Lipinski definition) is 3. The molecule has 1 amide bonds. The molecule has 3 rings (SSSR count). The van der Waals surface area contributed by atoms with Crippen LogP contribution in [-0.4, -0.2) is 20.8 Å². The highest BCUT2D eigenvalue weighted by Crippen LogP contribution is 2.20. The minimum absolute atomic E-state index is 0.179. The first kappa shape index (κ1) is 16.9. The number of halogens is 1. The quantitative estimate of drug-likeness (QED) is 0.749. The topological polar surface area (TPSA) is 67.2 Å². The Morgan fingerprint density at radius 3 is 2.72 bits per heavy atom. The summed E-state index contributed by atoms with van der Waals surface area (Å²) in [6.07, 6.45) is 0.557.